The Morgan fingerprint density at radius 1 is 1.30 bits per heavy atom. The molecule has 6 heteroatoms. The maximum Gasteiger partial charge on any atom is 0.225 e. The van der Waals surface area contributed by atoms with Crippen molar-refractivity contribution in [3.8, 4) is 5.75 Å². The Balaban J connectivity index is 1.61. The molecule has 3 rings (SSSR count). The molecule has 3 N–H and O–H groups in total. The largest absolute Gasteiger partial charge is 0.495 e. The number of amides is 1. The van der Waals surface area contributed by atoms with Gasteiger partial charge in [-0.25, -0.2) is 0 Å². The van der Waals surface area contributed by atoms with Gasteiger partial charge in [0.2, 0.25) is 5.91 Å². The maximum absolute atomic E-state index is 12.7. The maximum atomic E-state index is 12.7. The number of rotatable bonds is 6. The Bertz CT molecular complexity index is 784. The van der Waals surface area contributed by atoms with Crippen LogP contribution in [0.25, 0.3) is 0 Å². The van der Waals surface area contributed by atoms with Gasteiger partial charge in [-0.2, -0.15) is 0 Å². The second-order valence-electron chi connectivity index (χ2n) is 6.98. The van der Waals surface area contributed by atoms with E-state index in [1.807, 2.05) is 55.5 Å². The molecule has 5 nitrogen and oxygen atoms in total. The van der Waals surface area contributed by atoms with Crippen molar-refractivity contribution in [1.82, 2.24) is 5.32 Å². The number of halogens is 1. The molecule has 0 spiro atoms. The average molecular weight is 388 g/mol. The first-order chi connectivity index (χ1) is 13.0. The summed E-state index contributed by atoms with van der Waals surface area (Å²) in [7, 11) is 1.65. The Morgan fingerprint density at radius 2 is 2.04 bits per heavy atom. The summed E-state index contributed by atoms with van der Waals surface area (Å²) in [5, 5.41) is 3.81. The number of carbonyl (C=O) groups excluding carboxylic acids is 1. The van der Waals surface area contributed by atoms with Gasteiger partial charge in [-0.1, -0.05) is 48.9 Å². The molecule has 3 unspecified atom stereocenters. The lowest BCUT2D eigenvalue weighted by atomic mass is 9.94. The molecule has 2 aromatic rings. The molecule has 0 radical (unpaired) electrons. The third-order valence-electron chi connectivity index (χ3n) is 5.15. The average Bonchev–Trinajstić information content (AvgIpc) is 3.15. The van der Waals surface area contributed by atoms with Crippen LogP contribution in [-0.2, 0) is 4.79 Å². The van der Waals surface area contributed by atoms with Gasteiger partial charge in [0.15, 0.2) is 0 Å². The summed E-state index contributed by atoms with van der Waals surface area (Å²) >= 11 is 6.14. The molecule has 1 aliphatic rings. The van der Waals surface area contributed by atoms with Crippen LogP contribution in [0.2, 0.25) is 5.02 Å². The number of benzene rings is 2. The lowest BCUT2D eigenvalue weighted by molar-refractivity contribution is -0.125. The van der Waals surface area contributed by atoms with E-state index in [0.717, 1.165) is 36.5 Å². The summed E-state index contributed by atoms with van der Waals surface area (Å²) in [6.45, 7) is 3.43. The van der Waals surface area contributed by atoms with Gasteiger partial charge in [-0.3, -0.25) is 4.79 Å². The van der Waals surface area contributed by atoms with Crippen LogP contribution < -0.4 is 20.7 Å². The van der Waals surface area contributed by atoms with Crippen molar-refractivity contribution in [3.05, 3.63) is 59.1 Å². The van der Waals surface area contributed by atoms with Gasteiger partial charge >= 0.3 is 0 Å². The van der Waals surface area contributed by atoms with E-state index in [9.17, 15) is 4.79 Å². The Hall–Kier alpha value is -2.24. The first-order valence-corrected chi connectivity index (χ1v) is 9.56. The van der Waals surface area contributed by atoms with Crippen molar-refractivity contribution in [2.45, 2.75) is 25.4 Å². The van der Waals surface area contributed by atoms with E-state index in [1.165, 1.54) is 0 Å². The third kappa shape index (κ3) is 4.54. The lowest BCUT2D eigenvalue weighted by Crippen LogP contribution is -2.42. The van der Waals surface area contributed by atoms with Crippen LogP contribution in [0.5, 0.6) is 5.75 Å². The van der Waals surface area contributed by atoms with E-state index >= 15 is 0 Å². The molecule has 0 saturated carbocycles. The molecule has 2 aromatic carbocycles. The summed E-state index contributed by atoms with van der Waals surface area (Å²) in [6.07, 6.45) is 0.870. The zero-order valence-corrected chi connectivity index (χ0v) is 16.4. The molecule has 1 amide bonds. The lowest BCUT2D eigenvalue weighted by Gasteiger charge is -2.24. The molecule has 0 bridgehead atoms. The quantitative estimate of drug-likeness (QED) is 0.797. The highest BCUT2D eigenvalue weighted by atomic mass is 35.5. The van der Waals surface area contributed by atoms with Crippen molar-refractivity contribution in [1.29, 1.82) is 0 Å². The number of nitrogens with one attached hydrogen (secondary N) is 1. The van der Waals surface area contributed by atoms with E-state index in [4.69, 9.17) is 22.1 Å². The third-order valence-corrected chi connectivity index (χ3v) is 5.39. The monoisotopic (exact) mass is 387 g/mol. The van der Waals surface area contributed by atoms with Gasteiger partial charge in [-0.05, 0) is 30.2 Å². The van der Waals surface area contributed by atoms with Gasteiger partial charge in [0, 0.05) is 30.2 Å². The number of hydrogen-bond donors (Lipinski definition) is 2. The fraction of sp³-hybridized carbons (Fsp3) is 0.381. The predicted octanol–water partition coefficient (Wildman–Crippen LogP) is 3.38. The Morgan fingerprint density at radius 3 is 2.74 bits per heavy atom. The van der Waals surface area contributed by atoms with E-state index in [2.05, 4.69) is 10.2 Å². The van der Waals surface area contributed by atoms with Crippen LogP contribution >= 0.6 is 11.6 Å². The van der Waals surface area contributed by atoms with E-state index < -0.39 is 0 Å². The Labute approximate surface area is 165 Å². The van der Waals surface area contributed by atoms with Gasteiger partial charge in [0.25, 0.3) is 0 Å². The van der Waals surface area contributed by atoms with Crippen LogP contribution in [0, 0.1) is 5.92 Å². The topological polar surface area (TPSA) is 67.6 Å². The standard InChI is InChI=1S/C21H26ClN3O2/c1-14(20(23)15-6-4-3-5-7-15)21(26)24-17-10-11-25(13-17)18-12-16(22)8-9-19(18)27-2/h3-9,12,14,17,20H,10-11,13,23H2,1-2H3,(H,24,26). The van der Waals surface area contributed by atoms with Crippen LogP contribution in [0.4, 0.5) is 5.69 Å². The van der Waals surface area contributed by atoms with Crippen molar-refractivity contribution in [2.75, 3.05) is 25.1 Å². The number of methoxy groups -OCH3 is 1. The summed E-state index contributed by atoms with van der Waals surface area (Å²) in [5.41, 5.74) is 8.21. The molecular weight excluding hydrogens is 362 g/mol. The van der Waals surface area contributed by atoms with Crippen molar-refractivity contribution in [3.63, 3.8) is 0 Å². The number of nitrogens with two attached hydrogens (primary N) is 1. The highest BCUT2D eigenvalue weighted by Gasteiger charge is 2.29. The molecule has 1 heterocycles. The fourth-order valence-electron chi connectivity index (χ4n) is 3.47. The molecule has 144 valence electrons. The van der Waals surface area contributed by atoms with Crippen LogP contribution in [0.1, 0.15) is 24.9 Å². The molecule has 1 fully saturated rings. The molecule has 1 aliphatic heterocycles. The van der Waals surface area contributed by atoms with Gasteiger partial charge in [0.1, 0.15) is 5.75 Å². The minimum Gasteiger partial charge on any atom is -0.495 e. The second kappa shape index (κ2) is 8.63. The SMILES string of the molecule is COc1ccc(Cl)cc1N1CCC(NC(=O)C(C)C(N)c2ccccc2)C1. The van der Waals surface area contributed by atoms with E-state index in [1.54, 1.807) is 7.11 Å². The van der Waals surface area contributed by atoms with Crippen molar-refractivity contribution in [2.24, 2.45) is 11.7 Å². The number of ether oxygens (including phenoxy) is 1. The fourth-order valence-corrected chi connectivity index (χ4v) is 3.63. The van der Waals surface area contributed by atoms with E-state index in [-0.39, 0.29) is 23.9 Å². The number of carbonyl (C=O) groups is 1. The molecule has 3 atom stereocenters. The molecular formula is C21H26ClN3O2. The number of nitrogens with zero attached hydrogens (tertiary/aromatic N) is 1. The van der Waals surface area contributed by atoms with Gasteiger partial charge in [0.05, 0.1) is 18.7 Å². The summed E-state index contributed by atoms with van der Waals surface area (Å²) in [5.74, 6) is 0.462. The Kier molecular flexibility index (Phi) is 6.24. The zero-order valence-electron chi connectivity index (χ0n) is 15.7. The summed E-state index contributed by atoms with van der Waals surface area (Å²) < 4.78 is 5.44. The van der Waals surface area contributed by atoms with Crippen LogP contribution in [0.15, 0.2) is 48.5 Å². The minimum absolute atomic E-state index is 0.0173. The summed E-state index contributed by atoms with van der Waals surface area (Å²) in [6, 6.07) is 15.1. The van der Waals surface area contributed by atoms with Crippen molar-refractivity contribution >= 4 is 23.2 Å². The smallest absolute Gasteiger partial charge is 0.225 e. The highest BCUT2D eigenvalue weighted by Crippen LogP contribution is 2.33. The number of anilines is 1. The molecule has 1 saturated heterocycles. The first kappa shape index (κ1) is 19.5. The second-order valence-corrected chi connectivity index (χ2v) is 7.42. The van der Waals surface area contributed by atoms with Gasteiger partial charge < -0.3 is 20.7 Å². The van der Waals surface area contributed by atoms with Gasteiger partial charge in [-0.15, -0.1) is 0 Å². The van der Waals surface area contributed by atoms with Crippen LogP contribution in [0.3, 0.4) is 0 Å². The molecule has 27 heavy (non-hydrogen) atoms. The van der Waals surface area contributed by atoms with E-state index in [0.29, 0.717) is 5.02 Å². The first-order valence-electron chi connectivity index (χ1n) is 9.19. The van der Waals surface area contributed by atoms with Crippen molar-refractivity contribution < 1.29 is 9.53 Å². The van der Waals surface area contributed by atoms with Crippen LogP contribution in [-0.4, -0.2) is 32.1 Å². The zero-order chi connectivity index (χ0) is 19.4. The highest BCUT2D eigenvalue weighted by molar-refractivity contribution is 6.30. The predicted molar refractivity (Wildman–Crippen MR) is 109 cm³/mol. The summed E-state index contributed by atoms with van der Waals surface area (Å²) in [4.78, 5) is 14.9. The molecule has 0 aliphatic carbocycles. The normalized spacial score (nSPS) is 18.8. The minimum atomic E-state index is -0.322. The molecule has 0 aromatic heterocycles. The number of hydrogen-bond acceptors (Lipinski definition) is 4.